The van der Waals surface area contributed by atoms with Crippen LogP contribution < -0.4 is 5.73 Å². The van der Waals surface area contributed by atoms with Crippen molar-refractivity contribution in [2.75, 3.05) is 18.8 Å². The van der Waals surface area contributed by atoms with Gasteiger partial charge >= 0.3 is 0 Å². The zero-order chi connectivity index (χ0) is 17.2. The second-order valence-electron chi connectivity index (χ2n) is 6.71. The molecule has 2 heterocycles. The summed E-state index contributed by atoms with van der Waals surface area (Å²) in [5.41, 5.74) is 6.62. The van der Waals surface area contributed by atoms with E-state index in [9.17, 15) is 9.90 Å². The Kier molecular flexibility index (Phi) is 4.53. The molecule has 126 valence electrons. The molecule has 1 aromatic heterocycles. The highest BCUT2D eigenvalue weighted by atomic mass is 16.3. The first-order valence-electron chi connectivity index (χ1n) is 8.23. The van der Waals surface area contributed by atoms with E-state index in [2.05, 4.69) is 17.1 Å². The van der Waals surface area contributed by atoms with Crippen molar-refractivity contribution in [3.05, 3.63) is 59.8 Å². The predicted octanol–water partition coefficient (Wildman–Crippen LogP) is 2.12. The van der Waals surface area contributed by atoms with Crippen LogP contribution in [0.5, 0.6) is 0 Å². The van der Waals surface area contributed by atoms with Gasteiger partial charge in [-0.15, -0.1) is 0 Å². The highest BCUT2D eigenvalue weighted by Crippen LogP contribution is 2.31. The van der Waals surface area contributed by atoms with Gasteiger partial charge in [0, 0.05) is 30.8 Å². The molecule has 0 bridgehead atoms. The average Bonchev–Trinajstić information content (AvgIpc) is 2.57. The van der Waals surface area contributed by atoms with Crippen molar-refractivity contribution in [1.29, 1.82) is 0 Å². The van der Waals surface area contributed by atoms with Crippen molar-refractivity contribution >= 4 is 11.7 Å². The number of nitrogens with two attached hydrogens (primary N) is 1. The number of aromatic nitrogens is 1. The van der Waals surface area contributed by atoms with Gasteiger partial charge in [0.05, 0.1) is 5.60 Å². The fraction of sp³-hybridized carbons (Fsp3) is 0.368. The van der Waals surface area contributed by atoms with E-state index in [1.807, 2.05) is 25.1 Å². The zero-order valence-electron chi connectivity index (χ0n) is 13.9. The summed E-state index contributed by atoms with van der Waals surface area (Å²) >= 11 is 0. The summed E-state index contributed by atoms with van der Waals surface area (Å²) in [6.45, 7) is 2.94. The summed E-state index contributed by atoms with van der Waals surface area (Å²) in [5.74, 6) is 0.278. The highest BCUT2D eigenvalue weighted by Gasteiger charge is 2.39. The van der Waals surface area contributed by atoms with Crippen LogP contribution in [0.3, 0.4) is 0 Å². The molecule has 24 heavy (non-hydrogen) atoms. The van der Waals surface area contributed by atoms with Crippen LogP contribution in [-0.2, 0) is 6.42 Å². The fourth-order valence-electron chi connectivity index (χ4n) is 3.25. The molecule has 1 amide bonds. The number of hydrogen-bond donors (Lipinski definition) is 2. The summed E-state index contributed by atoms with van der Waals surface area (Å²) in [7, 11) is 0. The third-order valence-electron chi connectivity index (χ3n) is 4.85. The maximum absolute atomic E-state index is 12.7. The molecule has 3 rings (SSSR count). The Morgan fingerprint density at radius 1 is 1.38 bits per heavy atom. The second-order valence-corrected chi connectivity index (χ2v) is 6.71. The number of carbonyl (C=O) groups is 1. The van der Waals surface area contributed by atoms with Crippen molar-refractivity contribution in [3.8, 4) is 0 Å². The van der Waals surface area contributed by atoms with Gasteiger partial charge in [0.1, 0.15) is 5.82 Å². The molecule has 2 atom stereocenters. The van der Waals surface area contributed by atoms with E-state index in [1.165, 1.54) is 5.56 Å². The van der Waals surface area contributed by atoms with Crippen molar-refractivity contribution in [3.63, 3.8) is 0 Å². The Labute approximate surface area is 142 Å². The largest absolute Gasteiger partial charge is 0.390 e. The van der Waals surface area contributed by atoms with Gasteiger partial charge < -0.3 is 15.7 Å². The number of likely N-dealkylation sites (tertiary alicyclic amines) is 1. The van der Waals surface area contributed by atoms with E-state index >= 15 is 0 Å². The van der Waals surface area contributed by atoms with Gasteiger partial charge in [-0.1, -0.05) is 30.3 Å². The predicted molar refractivity (Wildman–Crippen MR) is 93.4 cm³/mol. The van der Waals surface area contributed by atoms with Crippen LogP contribution in [0.4, 0.5) is 5.82 Å². The Hall–Kier alpha value is -2.40. The first kappa shape index (κ1) is 16.5. The molecule has 0 aliphatic carbocycles. The Bertz CT molecular complexity index is 716. The number of rotatable bonds is 3. The van der Waals surface area contributed by atoms with Crippen molar-refractivity contribution in [1.82, 2.24) is 9.88 Å². The SMILES string of the molecule is C[C@@]1(O)CCN(C(=O)c2ccnc(N)c2)C[C@@H]1Cc1ccccc1. The lowest BCUT2D eigenvalue weighted by Gasteiger charge is -2.43. The summed E-state index contributed by atoms with van der Waals surface area (Å²) in [5, 5.41) is 10.7. The Morgan fingerprint density at radius 2 is 2.12 bits per heavy atom. The molecule has 5 nitrogen and oxygen atoms in total. The lowest BCUT2D eigenvalue weighted by atomic mass is 9.78. The van der Waals surface area contributed by atoms with Crippen LogP contribution in [0, 0.1) is 5.92 Å². The summed E-state index contributed by atoms with van der Waals surface area (Å²) in [6, 6.07) is 13.4. The first-order valence-corrected chi connectivity index (χ1v) is 8.23. The van der Waals surface area contributed by atoms with Gasteiger partial charge in [-0.25, -0.2) is 4.98 Å². The number of carbonyl (C=O) groups excluding carboxylic acids is 1. The Balaban J connectivity index is 1.76. The number of benzene rings is 1. The molecule has 1 aliphatic rings. The molecule has 1 aliphatic heterocycles. The number of anilines is 1. The minimum absolute atomic E-state index is 0.00298. The van der Waals surface area contributed by atoms with E-state index in [1.54, 1.807) is 23.2 Å². The minimum atomic E-state index is -0.774. The van der Waals surface area contributed by atoms with Crippen molar-refractivity contribution in [2.24, 2.45) is 5.92 Å². The van der Waals surface area contributed by atoms with Crippen LogP contribution in [0.15, 0.2) is 48.7 Å². The maximum Gasteiger partial charge on any atom is 0.254 e. The fourth-order valence-corrected chi connectivity index (χ4v) is 3.25. The maximum atomic E-state index is 12.7. The number of aliphatic hydroxyl groups is 1. The zero-order valence-corrected chi connectivity index (χ0v) is 13.9. The van der Waals surface area contributed by atoms with E-state index < -0.39 is 5.60 Å². The van der Waals surface area contributed by atoms with Gasteiger partial charge in [-0.2, -0.15) is 0 Å². The van der Waals surface area contributed by atoms with Crippen LogP contribution in [-0.4, -0.2) is 39.6 Å². The third-order valence-corrected chi connectivity index (χ3v) is 4.85. The first-order chi connectivity index (χ1) is 11.5. The number of pyridine rings is 1. The molecular weight excluding hydrogens is 302 g/mol. The van der Waals surface area contributed by atoms with Gasteiger partial charge in [0.15, 0.2) is 0 Å². The van der Waals surface area contributed by atoms with Crippen LogP contribution >= 0.6 is 0 Å². The number of piperidine rings is 1. The van der Waals surface area contributed by atoms with E-state index in [4.69, 9.17) is 5.73 Å². The molecule has 3 N–H and O–H groups in total. The third kappa shape index (κ3) is 3.57. The van der Waals surface area contributed by atoms with Crippen LogP contribution in [0.25, 0.3) is 0 Å². The van der Waals surface area contributed by atoms with E-state index in [0.29, 0.717) is 30.9 Å². The topological polar surface area (TPSA) is 79.5 Å². The smallest absolute Gasteiger partial charge is 0.254 e. The number of amides is 1. The normalized spacial score (nSPS) is 23.9. The number of nitrogen functional groups attached to an aromatic ring is 1. The van der Waals surface area contributed by atoms with Gasteiger partial charge in [-0.05, 0) is 37.5 Å². The van der Waals surface area contributed by atoms with Crippen molar-refractivity contribution < 1.29 is 9.90 Å². The number of hydrogen-bond acceptors (Lipinski definition) is 4. The molecule has 1 aromatic carbocycles. The Morgan fingerprint density at radius 3 is 2.83 bits per heavy atom. The molecule has 2 aromatic rings. The number of nitrogens with zero attached hydrogens (tertiary/aromatic N) is 2. The molecule has 1 saturated heterocycles. The summed E-state index contributed by atoms with van der Waals surface area (Å²) in [6.07, 6.45) is 2.86. The summed E-state index contributed by atoms with van der Waals surface area (Å²) in [4.78, 5) is 18.5. The van der Waals surface area contributed by atoms with Gasteiger partial charge in [0.25, 0.3) is 5.91 Å². The van der Waals surface area contributed by atoms with E-state index in [-0.39, 0.29) is 11.8 Å². The monoisotopic (exact) mass is 325 g/mol. The molecule has 0 radical (unpaired) electrons. The van der Waals surface area contributed by atoms with Gasteiger partial charge in [-0.3, -0.25) is 4.79 Å². The second kappa shape index (κ2) is 6.61. The van der Waals surface area contributed by atoms with Crippen LogP contribution in [0.2, 0.25) is 0 Å². The minimum Gasteiger partial charge on any atom is -0.390 e. The van der Waals surface area contributed by atoms with Crippen molar-refractivity contribution in [2.45, 2.75) is 25.4 Å². The highest BCUT2D eigenvalue weighted by molar-refractivity contribution is 5.94. The molecule has 0 spiro atoms. The van der Waals surface area contributed by atoms with Gasteiger partial charge in [0.2, 0.25) is 0 Å². The molecule has 1 fully saturated rings. The quantitative estimate of drug-likeness (QED) is 0.906. The average molecular weight is 325 g/mol. The van der Waals surface area contributed by atoms with Crippen LogP contribution in [0.1, 0.15) is 29.3 Å². The lowest BCUT2D eigenvalue weighted by molar-refractivity contribution is -0.0507. The standard InChI is InChI=1S/C19H23N3O2/c1-19(24)8-10-22(18(23)15-7-9-21-17(20)12-15)13-16(19)11-14-5-3-2-4-6-14/h2-7,9,12,16,24H,8,10-11,13H2,1H3,(H2,20,21)/t16-,19+/m0/s1. The molecule has 0 unspecified atom stereocenters. The molecule has 5 heteroatoms. The molecule has 0 saturated carbocycles. The van der Waals surface area contributed by atoms with E-state index in [0.717, 1.165) is 6.42 Å². The molecular formula is C19H23N3O2. The summed E-state index contributed by atoms with van der Waals surface area (Å²) < 4.78 is 0. The lowest BCUT2D eigenvalue weighted by Crippen LogP contribution is -2.52.